The first kappa shape index (κ1) is 26.9. The van der Waals surface area contributed by atoms with E-state index in [-0.39, 0.29) is 22.8 Å². The van der Waals surface area contributed by atoms with E-state index in [1.165, 1.54) is 48.5 Å². The van der Waals surface area contributed by atoms with E-state index in [0.29, 0.717) is 27.4 Å². The predicted molar refractivity (Wildman–Crippen MR) is 141 cm³/mol. The summed E-state index contributed by atoms with van der Waals surface area (Å²) in [4.78, 5) is 28.2. The Morgan fingerprint density at radius 1 is 0.951 bits per heavy atom. The lowest BCUT2D eigenvalue weighted by atomic mass is 10.1. The molecular formula is C26H20F3N7O5. The van der Waals surface area contributed by atoms with Gasteiger partial charge in [-0.05, 0) is 60.7 Å². The van der Waals surface area contributed by atoms with Crippen LogP contribution < -0.4 is 20.7 Å². The summed E-state index contributed by atoms with van der Waals surface area (Å²) in [6, 6.07) is 14.6. The van der Waals surface area contributed by atoms with E-state index < -0.39 is 23.9 Å². The summed E-state index contributed by atoms with van der Waals surface area (Å²) in [6.07, 6.45) is -2.41. The minimum absolute atomic E-state index is 0.0931. The molecule has 0 fully saturated rings. The molecule has 12 nitrogen and oxygen atoms in total. The largest absolute Gasteiger partial charge is 0.457 e. The molecule has 2 heterocycles. The van der Waals surface area contributed by atoms with Crippen molar-refractivity contribution >= 4 is 40.5 Å². The highest BCUT2D eigenvalue weighted by Crippen LogP contribution is 2.33. The molecule has 5 aromatic rings. The van der Waals surface area contributed by atoms with E-state index in [2.05, 4.69) is 30.8 Å². The van der Waals surface area contributed by atoms with Crippen molar-refractivity contribution in [3.8, 4) is 17.2 Å². The van der Waals surface area contributed by atoms with Gasteiger partial charge in [0.2, 0.25) is 5.95 Å². The summed E-state index contributed by atoms with van der Waals surface area (Å²) in [5, 5.41) is 21.6. The quantitative estimate of drug-likeness (QED) is 0.182. The van der Waals surface area contributed by atoms with Gasteiger partial charge in [0.25, 0.3) is 0 Å². The van der Waals surface area contributed by atoms with Gasteiger partial charge in [0.15, 0.2) is 0 Å². The number of anilines is 3. The molecule has 0 radical (unpaired) electrons. The molecule has 15 heteroatoms. The Morgan fingerprint density at radius 3 is 2.39 bits per heavy atom. The van der Waals surface area contributed by atoms with Crippen LogP contribution >= 0.6 is 0 Å². The highest BCUT2D eigenvalue weighted by Gasteiger charge is 2.31. The fourth-order valence-corrected chi connectivity index (χ4v) is 3.78. The topological polar surface area (TPSA) is 145 Å². The number of hydrogen-bond acceptors (Lipinski definition) is 7. The number of urea groups is 1. The highest BCUT2D eigenvalue weighted by molar-refractivity contribution is 6.01. The van der Waals surface area contributed by atoms with Gasteiger partial charge >= 0.3 is 18.3 Å². The minimum Gasteiger partial charge on any atom is -0.457 e. The number of ether oxygens (including phenoxy) is 2. The first-order chi connectivity index (χ1) is 19.6. The SMILES string of the molecule is COC(=O)Nc1nc2ccc(Oc3ccc(NC(=O)Nc4cc(C(F)(F)F)ccc4-n4cccn4)cc3)cc2n1O. The molecule has 210 valence electrons. The normalized spacial score (nSPS) is 11.2. The number of carbonyl (C=O) groups excluding carboxylic acids is 2. The van der Waals surface area contributed by atoms with E-state index in [1.807, 2.05) is 0 Å². The van der Waals surface area contributed by atoms with Gasteiger partial charge in [-0.15, -0.1) is 4.73 Å². The zero-order chi connectivity index (χ0) is 29.1. The third kappa shape index (κ3) is 5.98. The molecule has 3 aromatic carbocycles. The molecule has 3 amide bonds. The number of hydrogen-bond donors (Lipinski definition) is 4. The summed E-state index contributed by atoms with van der Waals surface area (Å²) in [7, 11) is 1.17. The minimum atomic E-state index is -4.60. The van der Waals surface area contributed by atoms with Crippen molar-refractivity contribution in [3.05, 3.63) is 84.7 Å². The number of carbonyl (C=O) groups is 2. The van der Waals surface area contributed by atoms with Gasteiger partial charge in [0, 0.05) is 24.1 Å². The summed E-state index contributed by atoms with van der Waals surface area (Å²) in [5.41, 5.74) is 0.204. The Bertz CT molecular complexity index is 1720. The van der Waals surface area contributed by atoms with Crippen LogP contribution in [0.4, 0.5) is 40.1 Å². The number of halogens is 3. The van der Waals surface area contributed by atoms with Gasteiger partial charge in [-0.25, -0.2) is 19.3 Å². The maximum atomic E-state index is 13.3. The molecule has 0 aliphatic carbocycles. The van der Waals surface area contributed by atoms with Crippen LogP contribution in [0.25, 0.3) is 16.7 Å². The molecule has 0 unspecified atom stereocenters. The average Bonchev–Trinajstić information content (AvgIpc) is 3.58. The molecule has 0 aliphatic heterocycles. The first-order valence-electron chi connectivity index (χ1n) is 11.7. The van der Waals surface area contributed by atoms with E-state index in [4.69, 9.17) is 4.74 Å². The Kier molecular flexibility index (Phi) is 7.07. The smallest absolute Gasteiger partial charge is 0.416 e. The molecule has 0 saturated heterocycles. The van der Waals surface area contributed by atoms with Crippen LogP contribution in [0.5, 0.6) is 11.5 Å². The molecule has 41 heavy (non-hydrogen) atoms. The van der Waals surface area contributed by atoms with Crippen molar-refractivity contribution in [1.82, 2.24) is 19.5 Å². The van der Waals surface area contributed by atoms with Crippen LogP contribution in [-0.4, -0.2) is 43.9 Å². The third-order valence-electron chi connectivity index (χ3n) is 5.67. The number of nitrogens with zero attached hydrogens (tertiary/aromatic N) is 4. The van der Waals surface area contributed by atoms with Crippen molar-refractivity contribution in [3.63, 3.8) is 0 Å². The number of amides is 3. The second-order valence-electron chi connectivity index (χ2n) is 8.40. The maximum Gasteiger partial charge on any atom is 0.416 e. The van der Waals surface area contributed by atoms with Crippen LogP contribution in [0, 0.1) is 0 Å². The van der Waals surface area contributed by atoms with Gasteiger partial charge < -0.3 is 25.3 Å². The third-order valence-corrected chi connectivity index (χ3v) is 5.67. The second kappa shape index (κ2) is 10.8. The Labute approximate surface area is 228 Å². The number of benzene rings is 3. The van der Waals surface area contributed by atoms with Crippen LogP contribution in [0.1, 0.15) is 5.56 Å². The fraction of sp³-hybridized carbons (Fsp3) is 0.0769. The molecule has 0 aliphatic rings. The monoisotopic (exact) mass is 567 g/mol. The molecule has 2 aromatic heterocycles. The van der Waals surface area contributed by atoms with Gasteiger partial charge in [0.05, 0.1) is 29.6 Å². The van der Waals surface area contributed by atoms with Crippen molar-refractivity contribution < 1.29 is 37.4 Å². The number of methoxy groups -OCH3 is 1. The lowest BCUT2D eigenvalue weighted by Gasteiger charge is -2.15. The van der Waals surface area contributed by atoms with Gasteiger partial charge in [-0.2, -0.15) is 18.3 Å². The van der Waals surface area contributed by atoms with E-state index >= 15 is 0 Å². The van der Waals surface area contributed by atoms with Crippen LogP contribution in [0.15, 0.2) is 79.1 Å². The zero-order valence-corrected chi connectivity index (χ0v) is 21.0. The molecule has 0 saturated carbocycles. The summed E-state index contributed by atoms with van der Waals surface area (Å²) in [5.74, 6) is 0.581. The van der Waals surface area contributed by atoms with Gasteiger partial charge in [-0.1, -0.05) is 0 Å². The van der Waals surface area contributed by atoms with Gasteiger partial charge in [-0.3, -0.25) is 5.32 Å². The average molecular weight is 567 g/mol. The zero-order valence-electron chi connectivity index (χ0n) is 21.0. The molecule has 0 atom stereocenters. The Balaban J connectivity index is 1.27. The van der Waals surface area contributed by atoms with Crippen LogP contribution in [0.3, 0.4) is 0 Å². The van der Waals surface area contributed by atoms with Crippen molar-refractivity contribution in [2.45, 2.75) is 6.18 Å². The molecule has 0 bridgehead atoms. The van der Waals surface area contributed by atoms with Crippen molar-refractivity contribution in [2.75, 3.05) is 23.1 Å². The lowest BCUT2D eigenvalue weighted by molar-refractivity contribution is -0.137. The number of nitrogens with one attached hydrogen (secondary N) is 3. The standard InChI is InChI=1S/C26H20F3N7O5/c1-40-25(38)34-23-32-19-9-8-18(14-22(19)36(23)39)41-17-6-4-16(5-7-17)31-24(37)33-20-13-15(26(27,28)29)3-10-21(20)35-12-2-11-30-35/h2-14,39H,1H3,(H2,31,33,37)(H,32,34,38). The predicted octanol–water partition coefficient (Wildman–Crippen LogP) is 6.09. The molecule has 4 N–H and O–H groups in total. The summed E-state index contributed by atoms with van der Waals surface area (Å²) < 4.78 is 52.1. The second-order valence-corrected chi connectivity index (χ2v) is 8.40. The van der Waals surface area contributed by atoms with Gasteiger partial charge in [0.1, 0.15) is 17.0 Å². The Morgan fingerprint density at radius 2 is 1.71 bits per heavy atom. The first-order valence-corrected chi connectivity index (χ1v) is 11.7. The number of fused-ring (bicyclic) bond motifs is 1. The summed E-state index contributed by atoms with van der Waals surface area (Å²) in [6.45, 7) is 0. The number of rotatable bonds is 6. The van der Waals surface area contributed by atoms with E-state index in [9.17, 15) is 28.0 Å². The van der Waals surface area contributed by atoms with E-state index in [0.717, 1.165) is 12.1 Å². The lowest BCUT2D eigenvalue weighted by Crippen LogP contribution is -2.21. The fourth-order valence-electron chi connectivity index (χ4n) is 3.78. The van der Waals surface area contributed by atoms with Crippen molar-refractivity contribution in [1.29, 1.82) is 0 Å². The number of aromatic nitrogens is 4. The highest BCUT2D eigenvalue weighted by atomic mass is 19.4. The number of alkyl halides is 3. The summed E-state index contributed by atoms with van der Waals surface area (Å²) >= 11 is 0. The molecule has 5 rings (SSSR count). The van der Waals surface area contributed by atoms with Crippen LogP contribution in [0.2, 0.25) is 0 Å². The molecule has 0 spiro atoms. The van der Waals surface area contributed by atoms with Crippen molar-refractivity contribution in [2.24, 2.45) is 0 Å². The Hall–Kier alpha value is -5.73. The maximum absolute atomic E-state index is 13.3. The number of imidazole rings is 1. The van der Waals surface area contributed by atoms with E-state index in [1.54, 1.807) is 30.3 Å². The van der Waals surface area contributed by atoms with Crippen LogP contribution in [-0.2, 0) is 10.9 Å². The molecular weight excluding hydrogens is 547 g/mol.